The number of hydrogen-bond acceptors (Lipinski definition) is 2. The second-order valence-electron chi connectivity index (χ2n) is 3.36. The van der Waals surface area contributed by atoms with Crippen LogP contribution in [0.25, 0.3) is 0 Å². The first kappa shape index (κ1) is 8.12. The van der Waals surface area contributed by atoms with Crippen LogP contribution >= 0.6 is 0 Å². The van der Waals surface area contributed by atoms with Crippen molar-refractivity contribution >= 4 is 0 Å². The predicted octanol–water partition coefficient (Wildman–Crippen LogP) is 2.30. The Labute approximate surface area is 78.4 Å². The Hall–Kier alpha value is -1.49. The monoisotopic (exact) mass is 172 g/mol. The van der Waals surface area contributed by atoms with Crippen molar-refractivity contribution in [2.45, 2.75) is 18.9 Å². The van der Waals surface area contributed by atoms with Gasteiger partial charge in [0.1, 0.15) is 0 Å². The average molecular weight is 172 g/mol. The van der Waals surface area contributed by atoms with Crippen molar-refractivity contribution in [1.82, 2.24) is 4.90 Å². The first-order valence-corrected chi connectivity index (χ1v) is 4.63. The summed E-state index contributed by atoms with van der Waals surface area (Å²) in [5.74, 6) is 0. The van der Waals surface area contributed by atoms with Crippen molar-refractivity contribution in [3.63, 3.8) is 0 Å². The van der Waals surface area contributed by atoms with Gasteiger partial charge in [0.15, 0.2) is 6.19 Å². The summed E-state index contributed by atoms with van der Waals surface area (Å²) in [6.45, 7) is 0.913. The highest BCUT2D eigenvalue weighted by molar-refractivity contribution is 5.20. The molecule has 2 nitrogen and oxygen atoms in total. The van der Waals surface area contributed by atoms with Gasteiger partial charge in [0.05, 0.1) is 6.04 Å². The summed E-state index contributed by atoms with van der Waals surface area (Å²) in [5.41, 5.74) is 1.27. The third-order valence-electron chi connectivity index (χ3n) is 2.57. The summed E-state index contributed by atoms with van der Waals surface area (Å²) in [4.78, 5) is 1.87. The lowest BCUT2D eigenvalue weighted by atomic mass is 10.1. The number of likely N-dealkylation sites (tertiary alicyclic amines) is 1. The molecule has 0 radical (unpaired) electrons. The van der Waals surface area contributed by atoms with Gasteiger partial charge in [-0.25, -0.2) is 0 Å². The van der Waals surface area contributed by atoms with E-state index >= 15 is 0 Å². The molecule has 1 aromatic carbocycles. The average Bonchev–Trinajstić information content (AvgIpc) is 2.67. The second kappa shape index (κ2) is 3.49. The van der Waals surface area contributed by atoms with E-state index in [2.05, 4.69) is 18.3 Å². The van der Waals surface area contributed by atoms with Gasteiger partial charge in [-0.05, 0) is 18.4 Å². The molecule has 66 valence electrons. The normalized spacial score (nSPS) is 21.5. The molecular formula is C11H12N2. The summed E-state index contributed by atoms with van der Waals surface area (Å²) in [6.07, 6.45) is 4.49. The molecule has 1 heterocycles. The van der Waals surface area contributed by atoms with Crippen LogP contribution < -0.4 is 0 Å². The van der Waals surface area contributed by atoms with Gasteiger partial charge in [-0.15, -0.1) is 0 Å². The zero-order valence-corrected chi connectivity index (χ0v) is 7.48. The minimum Gasteiger partial charge on any atom is -0.303 e. The van der Waals surface area contributed by atoms with Crippen molar-refractivity contribution < 1.29 is 0 Å². The molecule has 1 unspecified atom stereocenters. The standard InChI is InChI=1S/C11H12N2/c12-9-13-8-4-7-11(13)10-5-2-1-3-6-10/h1-3,5-6,11H,4,7-8H2. The number of nitriles is 1. The molecular weight excluding hydrogens is 160 g/mol. The summed E-state index contributed by atoms with van der Waals surface area (Å²) < 4.78 is 0. The molecule has 1 saturated heterocycles. The van der Waals surface area contributed by atoms with E-state index in [4.69, 9.17) is 5.26 Å². The third-order valence-corrected chi connectivity index (χ3v) is 2.57. The predicted molar refractivity (Wildman–Crippen MR) is 50.7 cm³/mol. The van der Waals surface area contributed by atoms with Crippen LogP contribution in [0, 0.1) is 11.5 Å². The van der Waals surface area contributed by atoms with Crippen LogP contribution in [-0.2, 0) is 0 Å². The molecule has 1 fully saturated rings. The van der Waals surface area contributed by atoms with Gasteiger partial charge in [-0.1, -0.05) is 30.3 Å². The van der Waals surface area contributed by atoms with Gasteiger partial charge in [-0.3, -0.25) is 0 Å². The molecule has 0 aliphatic carbocycles. The Morgan fingerprint density at radius 1 is 1.31 bits per heavy atom. The fourth-order valence-corrected chi connectivity index (χ4v) is 1.91. The van der Waals surface area contributed by atoms with E-state index in [9.17, 15) is 0 Å². The van der Waals surface area contributed by atoms with Crippen molar-refractivity contribution in [1.29, 1.82) is 5.26 Å². The molecule has 0 amide bonds. The van der Waals surface area contributed by atoms with E-state index in [0.717, 1.165) is 19.4 Å². The second-order valence-corrected chi connectivity index (χ2v) is 3.36. The van der Waals surface area contributed by atoms with E-state index in [1.54, 1.807) is 0 Å². The van der Waals surface area contributed by atoms with Gasteiger partial charge in [0.25, 0.3) is 0 Å². The van der Waals surface area contributed by atoms with Crippen LogP contribution in [0.4, 0.5) is 0 Å². The zero-order chi connectivity index (χ0) is 9.10. The van der Waals surface area contributed by atoms with Gasteiger partial charge >= 0.3 is 0 Å². The molecule has 2 heteroatoms. The molecule has 0 saturated carbocycles. The molecule has 0 bridgehead atoms. The maximum absolute atomic E-state index is 8.87. The van der Waals surface area contributed by atoms with Crippen LogP contribution in [-0.4, -0.2) is 11.4 Å². The number of nitrogens with zero attached hydrogens (tertiary/aromatic N) is 2. The van der Waals surface area contributed by atoms with Gasteiger partial charge < -0.3 is 4.90 Å². The Bertz CT molecular complexity index is 313. The number of rotatable bonds is 1. The highest BCUT2D eigenvalue weighted by atomic mass is 15.2. The van der Waals surface area contributed by atoms with Crippen LogP contribution in [0.1, 0.15) is 24.4 Å². The van der Waals surface area contributed by atoms with Crippen molar-refractivity contribution in [3.05, 3.63) is 35.9 Å². The topological polar surface area (TPSA) is 27.0 Å². The van der Waals surface area contributed by atoms with Crippen molar-refractivity contribution in [2.75, 3.05) is 6.54 Å². The van der Waals surface area contributed by atoms with Gasteiger partial charge in [0, 0.05) is 6.54 Å². The van der Waals surface area contributed by atoms with E-state index < -0.39 is 0 Å². The molecule has 1 atom stereocenters. The molecule has 1 aliphatic rings. The molecule has 2 rings (SSSR count). The minimum atomic E-state index is 0.325. The Kier molecular flexibility index (Phi) is 2.18. The maximum Gasteiger partial charge on any atom is 0.179 e. The largest absolute Gasteiger partial charge is 0.303 e. The summed E-state index contributed by atoms with van der Waals surface area (Å²) in [5, 5.41) is 8.87. The Morgan fingerprint density at radius 2 is 2.08 bits per heavy atom. The van der Waals surface area contributed by atoms with E-state index in [0.29, 0.717) is 6.04 Å². The zero-order valence-electron chi connectivity index (χ0n) is 7.48. The number of hydrogen-bond donors (Lipinski definition) is 0. The molecule has 1 aromatic rings. The number of benzene rings is 1. The first-order chi connectivity index (χ1) is 6.42. The van der Waals surface area contributed by atoms with E-state index in [1.165, 1.54) is 5.56 Å². The van der Waals surface area contributed by atoms with Crippen LogP contribution in [0.5, 0.6) is 0 Å². The molecule has 0 aromatic heterocycles. The summed E-state index contributed by atoms with van der Waals surface area (Å²) in [7, 11) is 0. The molecule has 0 spiro atoms. The quantitative estimate of drug-likeness (QED) is 0.608. The molecule has 1 aliphatic heterocycles. The lowest BCUT2D eigenvalue weighted by Crippen LogP contribution is -2.16. The Morgan fingerprint density at radius 3 is 2.77 bits per heavy atom. The fourth-order valence-electron chi connectivity index (χ4n) is 1.91. The van der Waals surface area contributed by atoms with Gasteiger partial charge in [0.2, 0.25) is 0 Å². The van der Waals surface area contributed by atoms with Crippen molar-refractivity contribution in [3.8, 4) is 6.19 Å². The van der Waals surface area contributed by atoms with E-state index in [1.807, 2.05) is 23.1 Å². The van der Waals surface area contributed by atoms with Crippen LogP contribution in [0.2, 0.25) is 0 Å². The summed E-state index contributed by atoms with van der Waals surface area (Å²) in [6, 6.07) is 10.6. The maximum atomic E-state index is 8.87. The van der Waals surface area contributed by atoms with Crippen molar-refractivity contribution in [2.24, 2.45) is 0 Å². The highest BCUT2D eigenvalue weighted by Crippen LogP contribution is 2.30. The lowest BCUT2D eigenvalue weighted by Gasteiger charge is -2.18. The first-order valence-electron chi connectivity index (χ1n) is 4.63. The highest BCUT2D eigenvalue weighted by Gasteiger charge is 2.24. The molecule has 13 heavy (non-hydrogen) atoms. The smallest absolute Gasteiger partial charge is 0.179 e. The van der Waals surface area contributed by atoms with Crippen LogP contribution in [0.3, 0.4) is 0 Å². The SMILES string of the molecule is N#CN1CCCC1c1ccccc1. The molecule has 0 N–H and O–H groups in total. The minimum absolute atomic E-state index is 0.325. The fraction of sp³-hybridized carbons (Fsp3) is 0.364. The Balaban J connectivity index is 2.22. The third kappa shape index (κ3) is 1.50. The lowest BCUT2D eigenvalue weighted by molar-refractivity contribution is 0.374. The van der Waals surface area contributed by atoms with E-state index in [-0.39, 0.29) is 0 Å². The summed E-state index contributed by atoms with van der Waals surface area (Å²) >= 11 is 0. The van der Waals surface area contributed by atoms with Gasteiger partial charge in [-0.2, -0.15) is 5.26 Å². The van der Waals surface area contributed by atoms with Crippen LogP contribution in [0.15, 0.2) is 30.3 Å².